The Morgan fingerprint density at radius 2 is 1.91 bits per heavy atom. The van der Waals surface area contributed by atoms with Crippen molar-refractivity contribution < 1.29 is 34.0 Å². The number of aliphatic hydroxyl groups excluding tert-OH is 1. The van der Waals surface area contributed by atoms with Crippen molar-refractivity contribution >= 4 is 11.8 Å². The van der Waals surface area contributed by atoms with E-state index in [4.69, 9.17) is 14.2 Å². The Bertz CT molecular complexity index is 909. The van der Waals surface area contributed by atoms with Gasteiger partial charge < -0.3 is 24.4 Å². The molecule has 190 valence electrons. The molecule has 34 heavy (non-hydrogen) atoms. The molecule has 0 bridgehead atoms. The van der Waals surface area contributed by atoms with Gasteiger partial charge in [-0.1, -0.05) is 25.5 Å². The third-order valence-corrected chi connectivity index (χ3v) is 8.84. The predicted octanol–water partition coefficient (Wildman–Crippen LogP) is 1.78. The van der Waals surface area contributed by atoms with Crippen LogP contribution in [0.5, 0.6) is 0 Å². The van der Waals surface area contributed by atoms with Gasteiger partial charge in [0.2, 0.25) is 0 Å². The summed E-state index contributed by atoms with van der Waals surface area (Å²) in [7, 11) is 0. The minimum Gasteiger partial charge on any atom is -0.454 e. The number of ketones is 1. The van der Waals surface area contributed by atoms with Crippen LogP contribution in [0.15, 0.2) is 24.3 Å². The van der Waals surface area contributed by atoms with Gasteiger partial charge in [0.25, 0.3) is 0 Å². The van der Waals surface area contributed by atoms with Crippen LogP contribution in [0.2, 0.25) is 0 Å². The summed E-state index contributed by atoms with van der Waals surface area (Å²) < 4.78 is 17.8. The minimum atomic E-state index is -2.10. The third kappa shape index (κ3) is 3.53. The second-order valence-electron chi connectivity index (χ2n) is 11.6. The van der Waals surface area contributed by atoms with Gasteiger partial charge in [0, 0.05) is 19.5 Å². The Morgan fingerprint density at radius 1 is 1.26 bits per heavy atom. The van der Waals surface area contributed by atoms with Gasteiger partial charge in [-0.3, -0.25) is 14.5 Å². The van der Waals surface area contributed by atoms with Gasteiger partial charge in [-0.25, -0.2) is 0 Å². The zero-order chi connectivity index (χ0) is 25.2. The van der Waals surface area contributed by atoms with Crippen LogP contribution < -0.4 is 0 Å². The Balaban J connectivity index is 1.81. The first-order valence-electron chi connectivity index (χ1n) is 12.2. The maximum Gasteiger partial charge on any atom is 0.320 e. The van der Waals surface area contributed by atoms with Crippen LogP contribution in [0.4, 0.5) is 0 Å². The molecule has 0 aromatic heterocycles. The van der Waals surface area contributed by atoms with Gasteiger partial charge in [-0.2, -0.15) is 0 Å². The first-order valence-corrected chi connectivity index (χ1v) is 12.2. The van der Waals surface area contributed by atoms with Crippen molar-refractivity contribution in [1.82, 2.24) is 4.90 Å². The number of esters is 1. The smallest absolute Gasteiger partial charge is 0.320 e. The maximum atomic E-state index is 13.8. The van der Waals surface area contributed by atoms with E-state index in [1.54, 1.807) is 26.8 Å². The minimum absolute atomic E-state index is 0.0769. The van der Waals surface area contributed by atoms with Crippen LogP contribution >= 0.6 is 0 Å². The number of carbonyl (C=O) groups is 2. The van der Waals surface area contributed by atoms with Crippen LogP contribution in [-0.4, -0.2) is 88.7 Å². The maximum absolute atomic E-state index is 13.8. The van der Waals surface area contributed by atoms with Crippen LogP contribution in [-0.2, 0) is 23.8 Å². The second kappa shape index (κ2) is 8.23. The molecule has 0 spiro atoms. The van der Waals surface area contributed by atoms with E-state index in [1.807, 2.05) is 24.8 Å². The largest absolute Gasteiger partial charge is 0.454 e. The van der Waals surface area contributed by atoms with Gasteiger partial charge in [0.15, 0.2) is 17.5 Å². The highest BCUT2D eigenvalue weighted by Crippen LogP contribution is 2.64. The summed E-state index contributed by atoms with van der Waals surface area (Å²) in [5, 5.41) is 23.6. The number of ether oxygens (including phenoxy) is 3. The summed E-state index contributed by atoms with van der Waals surface area (Å²) in [5.41, 5.74) is -5.77. The summed E-state index contributed by atoms with van der Waals surface area (Å²) in [4.78, 5) is 28.8. The van der Waals surface area contributed by atoms with Crippen molar-refractivity contribution in [3.63, 3.8) is 0 Å². The summed E-state index contributed by atoms with van der Waals surface area (Å²) in [6.45, 7) is 15.4. The lowest BCUT2D eigenvalue weighted by Gasteiger charge is -2.66. The van der Waals surface area contributed by atoms with E-state index >= 15 is 0 Å². The molecule has 0 radical (unpaired) electrons. The summed E-state index contributed by atoms with van der Waals surface area (Å²) in [6.07, 6.45) is 2.40. The average Bonchev–Trinajstić information content (AvgIpc) is 2.76. The molecule has 4 rings (SSSR count). The fourth-order valence-corrected chi connectivity index (χ4v) is 6.72. The first-order chi connectivity index (χ1) is 15.7. The number of hydrogen-bond acceptors (Lipinski definition) is 8. The fraction of sp³-hybridized carbons (Fsp3) is 0.769. The van der Waals surface area contributed by atoms with Crippen LogP contribution in [0.1, 0.15) is 53.9 Å². The molecule has 3 fully saturated rings. The number of aliphatic hydroxyl groups is 2. The Kier molecular flexibility index (Phi) is 6.18. The zero-order valence-corrected chi connectivity index (χ0v) is 21.1. The van der Waals surface area contributed by atoms with Crippen molar-refractivity contribution in [1.29, 1.82) is 0 Å². The lowest BCUT2D eigenvalue weighted by atomic mass is 9.44. The molecular formula is C26H39NO7. The molecule has 2 aliphatic carbocycles. The molecule has 2 saturated heterocycles. The monoisotopic (exact) mass is 477 g/mol. The highest BCUT2D eigenvalue weighted by molar-refractivity contribution is 5.93. The number of Topliss-reactive ketones (excluding diaryl/α,β-unsaturated/α-hetero) is 1. The quantitative estimate of drug-likeness (QED) is 0.466. The number of morpholine rings is 1. The van der Waals surface area contributed by atoms with Crippen molar-refractivity contribution in [2.24, 2.45) is 10.8 Å². The van der Waals surface area contributed by atoms with Crippen LogP contribution in [0.25, 0.3) is 0 Å². The predicted molar refractivity (Wildman–Crippen MR) is 125 cm³/mol. The van der Waals surface area contributed by atoms with Crippen LogP contribution in [0.3, 0.4) is 0 Å². The standard InChI is InChI=1S/C26H39NO7/c1-7-23(4)15-19(29)26(31)24(5)17(22(2,3)9-8-18(24)28)14-20(25(26,6)34-23)33-21(30)16-27-10-12-32-13-11-27/h7,14,18,20,28,31H,1,8-13,15-16H2,2-6H3/t18-,20-,23-,24+,25+,26-/m0/s1. The fourth-order valence-electron chi connectivity index (χ4n) is 6.72. The van der Waals surface area contributed by atoms with E-state index in [0.29, 0.717) is 39.1 Å². The zero-order valence-electron chi connectivity index (χ0n) is 21.1. The Hall–Kier alpha value is -1.58. The molecule has 8 heteroatoms. The van der Waals surface area contributed by atoms with E-state index in [2.05, 4.69) is 6.58 Å². The molecule has 0 unspecified atom stereocenters. The lowest BCUT2D eigenvalue weighted by Crippen LogP contribution is -2.81. The molecule has 2 aliphatic heterocycles. The van der Waals surface area contributed by atoms with Gasteiger partial charge >= 0.3 is 5.97 Å². The van der Waals surface area contributed by atoms with Crippen molar-refractivity contribution in [2.75, 3.05) is 32.8 Å². The average molecular weight is 478 g/mol. The Morgan fingerprint density at radius 3 is 2.53 bits per heavy atom. The summed E-state index contributed by atoms with van der Waals surface area (Å²) in [5.74, 6) is -0.908. The first kappa shape index (κ1) is 25.5. The molecule has 2 N–H and O–H groups in total. The van der Waals surface area contributed by atoms with Crippen molar-refractivity contribution in [3.8, 4) is 0 Å². The summed E-state index contributed by atoms with van der Waals surface area (Å²) >= 11 is 0. The van der Waals surface area contributed by atoms with E-state index in [0.717, 1.165) is 5.57 Å². The van der Waals surface area contributed by atoms with Crippen molar-refractivity contribution in [2.45, 2.75) is 82.9 Å². The second-order valence-corrected chi connectivity index (χ2v) is 11.6. The molecule has 1 saturated carbocycles. The highest BCUT2D eigenvalue weighted by atomic mass is 16.6. The molecular weight excluding hydrogens is 438 g/mol. The molecule has 8 nitrogen and oxygen atoms in total. The number of rotatable bonds is 4. The number of hydrogen-bond donors (Lipinski definition) is 2. The van der Waals surface area contributed by atoms with Gasteiger partial charge in [0.05, 0.1) is 36.9 Å². The number of fused-ring (bicyclic) bond motifs is 3. The molecule has 4 aliphatic rings. The number of carbonyl (C=O) groups excluding carboxylic acids is 2. The van der Waals surface area contributed by atoms with Gasteiger partial charge in [0.1, 0.15) is 5.60 Å². The van der Waals surface area contributed by atoms with Crippen molar-refractivity contribution in [3.05, 3.63) is 24.3 Å². The van der Waals surface area contributed by atoms with E-state index in [-0.39, 0.29) is 13.0 Å². The molecule has 0 aromatic rings. The van der Waals surface area contributed by atoms with Gasteiger partial charge in [-0.05, 0) is 45.1 Å². The molecule has 6 atom stereocenters. The Labute approximate surface area is 201 Å². The molecule has 0 amide bonds. The molecule has 2 heterocycles. The molecule has 0 aromatic carbocycles. The van der Waals surface area contributed by atoms with Gasteiger partial charge in [-0.15, -0.1) is 6.58 Å². The van der Waals surface area contributed by atoms with E-state index in [1.165, 1.54) is 0 Å². The summed E-state index contributed by atoms with van der Waals surface area (Å²) in [6, 6.07) is 0. The lowest BCUT2D eigenvalue weighted by molar-refractivity contribution is -0.305. The van der Waals surface area contributed by atoms with E-state index < -0.39 is 51.6 Å². The third-order valence-electron chi connectivity index (χ3n) is 8.84. The number of nitrogens with zero attached hydrogens (tertiary/aromatic N) is 1. The topological polar surface area (TPSA) is 106 Å². The normalized spacial score (nSPS) is 44.4. The van der Waals surface area contributed by atoms with E-state index in [9.17, 15) is 19.8 Å². The highest BCUT2D eigenvalue weighted by Gasteiger charge is 2.76. The van der Waals surface area contributed by atoms with Crippen LogP contribution in [0, 0.1) is 10.8 Å². The SMILES string of the molecule is C=C[C@@]1(C)CC(=O)[C@@]2(O)[C@](C)(O1)[C@@H](OC(=O)CN1CCOCC1)C=C1C(C)(C)CC[C@H](O)[C@@]12C.